The Bertz CT molecular complexity index is 642. The monoisotopic (exact) mass is 376 g/mol. The zero-order valence-electron chi connectivity index (χ0n) is 17.6. The molecule has 3 fully saturated rings. The van der Waals surface area contributed by atoms with Gasteiger partial charge in [0.2, 0.25) is 0 Å². The van der Waals surface area contributed by atoms with E-state index in [1.165, 1.54) is 0 Å². The van der Waals surface area contributed by atoms with Crippen LogP contribution in [0.1, 0.15) is 73.1 Å². The Kier molecular flexibility index (Phi) is 5.12. The molecule has 5 unspecified atom stereocenters. The van der Waals surface area contributed by atoms with Crippen LogP contribution in [0.15, 0.2) is 12.7 Å². The molecule has 4 nitrogen and oxygen atoms in total. The Morgan fingerprint density at radius 3 is 2.59 bits per heavy atom. The standard InChI is InChI=1S/C23H36O4/c1-7-18(25)27-17-13-21(5,8-2)20(26)15(4)23-11-9-14(3)22(17,6)19(23)16(24)10-12-23/h8,14-15,17,19-20,26H,2,7,9-13H2,1,3-6H3/t14?,15-,17+,19?,20?,21-,22?,23?/m0/s1. The summed E-state index contributed by atoms with van der Waals surface area (Å²) in [7, 11) is 0. The number of hydrogen-bond donors (Lipinski definition) is 1. The van der Waals surface area contributed by atoms with E-state index in [9.17, 15) is 14.7 Å². The second kappa shape index (κ2) is 6.72. The van der Waals surface area contributed by atoms with Gasteiger partial charge < -0.3 is 9.84 Å². The lowest BCUT2D eigenvalue weighted by Crippen LogP contribution is -2.63. The maximum Gasteiger partial charge on any atom is 0.305 e. The van der Waals surface area contributed by atoms with Crippen LogP contribution in [0.25, 0.3) is 0 Å². The van der Waals surface area contributed by atoms with Gasteiger partial charge in [0.25, 0.3) is 0 Å². The van der Waals surface area contributed by atoms with Crippen molar-refractivity contribution in [3.63, 3.8) is 0 Å². The van der Waals surface area contributed by atoms with Crippen molar-refractivity contribution in [2.45, 2.75) is 85.4 Å². The first-order chi connectivity index (χ1) is 12.6. The van der Waals surface area contributed by atoms with Crippen LogP contribution in [0, 0.1) is 34.0 Å². The predicted octanol–water partition coefficient (Wildman–Crippen LogP) is 4.30. The lowest BCUT2D eigenvalue weighted by molar-refractivity contribution is -0.206. The van der Waals surface area contributed by atoms with Crippen molar-refractivity contribution in [2.24, 2.45) is 34.0 Å². The van der Waals surface area contributed by atoms with E-state index in [0.29, 0.717) is 25.0 Å². The van der Waals surface area contributed by atoms with Gasteiger partial charge in [-0.15, -0.1) is 6.58 Å². The van der Waals surface area contributed by atoms with Gasteiger partial charge in [-0.1, -0.05) is 40.7 Å². The van der Waals surface area contributed by atoms with Crippen LogP contribution in [0.4, 0.5) is 0 Å². The second-order valence-corrected chi connectivity index (χ2v) is 9.92. The van der Waals surface area contributed by atoms with Crippen LogP contribution in [-0.2, 0) is 14.3 Å². The van der Waals surface area contributed by atoms with E-state index >= 15 is 0 Å². The summed E-state index contributed by atoms with van der Waals surface area (Å²) in [6.07, 6.45) is 5.02. The minimum Gasteiger partial charge on any atom is -0.462 e. The van der Waals surface area contributed by atoms with Crippen molar-refractivity contribution in [3.05, 3.63) is 12.7 Å². The molecule has 0 amide bonds. The van der Waals surface area contributed by atoms with Gasteiger partial charge in [0.1, 0.15) is 11.9 Å². The zero-order valence-corrected chi connectivity index (χ0v) is 17.6. The molecule has 3 aliphatic rings. The molecule has 3 saturated carbocycles. The third kappa shape index (κ3) is 2.73. The fourth-order valence-electron chi connectivity index (χ4n) is 6.74. The summed E-state index contributed by atoms with van der Waals surface area (Å²) in [5.41, 5.74) is -1.17. The molecule has 0 aromatic heterocycles. The highest BCUT2D eigenvalue weighted by atomic mass is 16.5. The van der Waals surface area contributed by atoms with Crippen molar-refractivity contribution < 1.29 is 19.4 Å². The van der Waals surface area contributed by atoms with E-state index in [2.05, 4.69) is 27.4 Å². The van der Waals surface area contributed by atoms with Gasteiger partial charge in [-0.2, -0.15) is 0 Å². The normalized spacial score (nSPS) is 49.7. The molecule has 1 N–H and O–H groups in total. The Morgan fingerprint density at radius 1 is 1.33 bits per heavy atom. The van der Waals surface area contributed by atoms with Gasteiger partial charge in [0, 0.05) is 29.6 Å². The number of esters is 1. The highest BCUT2D eigenvalue weighted by molar-refractivity contribution is 5.85. The van der Waals surface area contributed by atoms with Gasteiger partial charge in [0.15, 0.2) is 0 Å². The quantitative estimate of drug-likeness (QED) is 0.589. The maximum atomic E-state index is 13.2. The second-order valence-electron chi connectivity index (χ2n) is 9.92. The summed E-state index contributed by atoms with van der Waals surface area (Å²) >= 11 is 0. The van der Waals surface area contributed by atoms with Gasteiger partial charge in [-0.25, -0.2) is 0 Å². The molecule has 3 aliphatic carbocycles. The van der Waals surface area contributed by atoms with E-state index in [4.69, 9.17) is 4.74 Å². The first kappa shape index (κ1) is 20.6. The van der Waals surface area contributed by atoms with Crippen molar-refractivity contribution in [1.29, 1.82) is 0 Å². The number of carbonyl (C=O) groups is 2. The van der Waals surface area contributed by atoms with Gasteiger partial charge >= 0.3 is 5.97 Å². The molecule has 0 aliphatic heterocycles. The largest absolute Gasteiger partial charge is 0.462 e. The number of rotatable bonds is 3. The Hall–Kier alpha value is -1.16. The predicted molar refractivity (Wildman–Crippen MR) is 105 cm³/mol. The molecule has 0 aromatic rings. The maximum absolute atomic E-state index is 13.2. The average molecular weight is 377 g/mol. The van der Waals surface area contributed by atoms with E-state index in [-0.39, 0.29) is 29.1 Å². The zero-order chi connectivity index (χ0) is 20.2. The minimum atomic E-state index is -0.607. The van der Waals surface area contributed by atoms with Crippen LogP contribution >= 0.6 is 0 Å². The highest BCUT2D eigenvalue weighted by Gasteiger charge is 2.68. The molecule has 0 aromatic carbocycles. The number of ether oxygens (including phenoxy) is 1. The summed E-state index contributed by atoms with van der Waals surface area (Å²) in [6.45, 7) is 14.3. The number of aliphatic hydroxyl groups is 1. The van der Waals surface area contributed by atoms with Crippen LogP contribution in [0.3, 0.4) is 0 Å². The number of carbonyl (C=O) groups excluding carboxylic acids is 2. The summed E-state index contributed by atoms with van der Waals surface area (Å²) < 4.78 is 6.02. The van der Waals surface area contributed by atoms with Crippen molar-refractivity contribution >= 4 is 11.8 Å². The molecule has 0 saturated heterocycles. The summed E-state index contributed by atoms with van der Waals surface area (Å²) in [5, 5.41) is 11.4. The molecule has 0 heterocycles. The number of Topliss-reactive ketones (excluding diaryl/α,β-unsaturated/α-hetero) is 1. The Labute approximate surface area is 163 Å². The Morgan fingerprint density at radius 2 is 2.00 bits per heavy atom. The van der Waals surface area contributed by atoms with Crippen molar-refractivity contribution in [2.75, 3.05) is 0 Å². The van der Waals surface area contributed by atoms with Crippen LogP contribution in [0.5, 0.6) is 0 Å². The number of hydrogen-bond acceptors (Lipinski definition) is 4. The summed E-state index contributed by atoms with van der Waals surface area (Å²) in [5.74, 6) is 0.199. The third-order valence-electron chi connectivity index (χ3n) is 8.86. The molecular formula is C23H36O4. The van der Waals surface area contributed by atoms with E-state index in [0.717, 1.165) is 19.3 Å². The molecule has 8 atom stereocenters. The summed E-state index contributed by atoms with van der Waals surface area (Å²) in [6, 6.07) is 0. The first-order valence-electron chi connectivity index (χ1n) is 10.6. The number of ketones is 1. The first-order valence-corrected chi connectivity index (χ1v) is 10.6. The van der Waals surface area contributed by atoms with Crippen molar-refractivity contribution in [1.82, 2.24) is 0 Å². The van der Waals surface area contributed by atoms with Crippen LogP contribution < -0.4 is 0 Å². The molecule has 27 heavy (non-hydrogen) atoms. The lowest BCUT2D eigenvalue weighted by atomic mass is 9.44. The molecule has 3 rings (SSSR count). The van der Waals surface area contributed by atoms with Gasteiger partial charge in [0.05, 0.1) is 6.10 Å². The third-order valence-corrected chi connectivity index (χ3v) is 8.86. The van der Waals surface area contributed by atoms with E-state index in [1.54, 1.807) is 6.92 Å². The summed E-state index contributed by atoms with van der Waals surface area (Å²) in [4.78, 5) is 25.5. The molecule has 2 bridgehead atoms. The van der Waals surface area contributed by atoms with Gasteiger partial charge in [-0.3, -0.25) is 9.59 Å². The highest BCUT2D eigenvalue weighted by Crippen LogP contribution is 2.67. The fourth-order valence-corrected chi connectivity index (χ4v) is 6.74. The average Bonchev–Trinajstić information content (AvgIpc) is 3.00. The van der Waals surface area contributed by atoms with E-state index in [1.807, 2.05) is 13.0 Å². The molecule has 0 spiro atoms. The van der Waals surface area contributed by atoms with Crippen LogP contribution in [0.2, 0.25) is 0 Å². The van der Waals surface area contributed by atoms with Gasteiger partial charge in [-0.05, 0) is 42.9 Å². The van der Waals surface area contributed by atoms with E-state index < -0.39 is 23.0 Å². The smallest absolute Gasteiger partial charge is 0.305 e. The number of aliphatic hydroxyl groups excluding tert-OH is 1. The SMILES string of the molecule is C=C[C@@]1(C)C[C@@H](OC(=O)CC)C2(C)C(C)CCC3(CCC(=O)C32)[C@@H](C)C1O. The molecule has 4 heteroatoms. The lowest BCUT2D eigenvalue weighted by Gasteiger charge is -2.61. The fraction of sp³-hybridized carbons (Fsp3) is 0.826. The molecule has 152 valence electrons. The Balaban J connectivity index is 2.21. The minimum absolute atomic E-state index is 0.00611. The molecule has 0 radical (unpaired) electrons. The molecular weight excluding hydrogens is 340 g/mol. The van der Waals surface area contributed by atoms with Crippen molar-refractivity contribution in [3.8, 4) is 0 Å². The topological polar surface area (TPSA) is 63.6 Å². The van der Waals surface area contributed by atoms with Crippen LogP contribution in [-0.4, -0.2) is 29.1 Å².